The molecule has 1 saturated heterocycles. The van der Waals surface area contributed by atoms with Crippen LogP contribution in [0.4, 0.5) is 4.79 Å². The fourth-order valence-electron chi connectivity index (χ4n) is 4.60. The molecule has 1 aliphatic heterocycles. The quantitative estimate of drug-likeness (QED) is 0.801. The lowest BCUT2D eigenvalue weighted by Gasteiger charge is -2.32. The molecule has 25 heavy (non-hydrogen) atoms. The Morgan fingerprint density at radius 2 is 1.80 bits per heavy atom. The van der Waals surface area contributed by atoms with Gasteiger partial charge in [-0.05, 0) is 56.4 Å². The number of carbonyl (C=O) groups excluding carboxylic acids is 1. The van der Waals surface area contributed by atoms with Crippen LogP contribution >= 0.6 is 0 Å². The number of hydrogen-bond donors (Lipinski definition) is 0. The second kappa shape index (κ2) is 8.22. The van der Waals surface area contributed by atoms with E-state index in [0.717, 1.165) is 19.3 Å². The van der Waals surface area contributed by atoms with Gasteiger partial charge in [-0.15, -0.1) is 0 Å². The Balaban J connectivity index is 1.50. The van der Waals surface area contributed by atoms with Crippen LogP contribution in [0.1, 0.15) is 57.4 Å². The van der Waals surface area contributed by atoms with E-state index in [9.17, 15) is 4.79 Å². The minimum absolute atomic E-state index is 0.134. The zero-order valence-electron chi connectivity index (χ0n) is 15.7. The molecule has 1 unspecified atom stereocenters. The molecule has 1 aliphatic carbocycles. The van der Waals surface area contributed by atoms with Crippen LogP contribution in [0.3, 0.4) is 0 Å². The van der Waals surface area contributed by atoms with E-state index in [1.165, 1.54) is 25.5 Å². The Labute approximate surface area is 151 Å². The van der Waals surface area contributed by atoms with Gasteiger partial charge < -0.3 is 9.47 Å². The Morgan fingerprint density at radius 1 is 1.12 bits per heavy atom. The van der Waals surface area contributed by atoms with Gasteiger partial charge in [-0.2, -0.15) is 0 Å². The van der Waals surface area contributed by atoms with Crippen LogP contribution in [0, 0.1) is 5.92 Å². The monoisotopic (exact) mass is 345 g/mol. The highest BCUT2D eigenvalue weighted by molar-refractivity contribution is 5.68. The van der Waals surface area contributed by atoms with Gasteiger partial charge in [-0.25, -0.2) is 4.79 Å². The summed E-state index contributed by atoms with van der Waals surface area (Å²) in [7, 11) is 1.46. The number of nitrogens with zero attached hydrogens (tertiary/aromatic N) is 1. The summed E-state index contributed by atoms with van der Waals surface area (Å²) in [5.41, 5.74) is 1.45. The van der Waals surface area contributed by atoms with Gasteiger partial charge in [0.1, 0.15) is 0 Å². The fourth-order valence-corrected chi connectivity index (χ4v) is 4.60. The lowest BCUT2D eigenvalue weighted by atomic mass is 9.83. The van der Waals surface area contributed by atoms with E-state index in [1.807, 2.05) is 4.90 Å². The Kier molecular flexibility index (Phi) is 6.00. The van der Waals surface area contributed by atoms with Gasteiger partial charge in [-0.3, -0.25) is 4.90 Å². The molecule has 2 fully saturated rings. The maximum Gasteiger partial charge on any atom is 0.410 e. The van der Waals surface area contributed by atoms with Gasteiger partial charge in [-0.1, -0.05) is 37.3 Å². The lowest BCUT2D eigenvalue weighted by Crippen LogP contribution is -2.44. The first-order valence-corrected chi connectivity index (χ1v) is 9.63. The summed E-state index contributed by atoms with van der Waals surface area (Å²) in [6.45, 7) is 4.93. The van der Waals surface area contributed by atoms with Crippen molar-refractivity contribution in [2.75, 3.05) is 13.7 Å². The summed E-state index contributed by atoms with van der Waals surface area (Å²) in [6.07, 6.45) is 5.70. The summed E-state index contributed by atoms with van der Waals surface area (Å²) >= 11 is 0. The van der Waals surface area contributed by atoms with Gasteiger partial charge in [0, 0.05) is 6.04 Å². The second-order valence-corrected chi connectivity index (χ2v) is 7.72. The van der Waals surface area contributed by atoms with Crippen molar-refractivity contribution in [3.63, 3.8) is 0 Å². The van der Waals surface area contributed by atoms with Gasteiger partial charge in [0.25, 0.3) is 0 Å². The third-order valence-electron chi connectivity index (χ3n) is 6.04. The van der Waals surface area contributed by atoms with Crippen LogP contribution in [-0.4, -0.2) is 42.9 Å². The second-order valence-electron chi connectivity index (χ2n) is 7.72. The summed E-state index contributed by atoms with van der Waals surface area (Å²) < 4.78 is 11.2. The number of methoxy groups -OCH3 is 1. The minimum Gasteiger partial charge on any atom is -0.453 e. The number of likely N-dealkylation sites (tertiary alicyclic amines) is 1. The number of hydrogen-bond acceptors (Lipinski definition) is 3. The van der Waals surface area contributed by atoms with Gasteiger partial charge in [0.05, 0.1) is 25.9 Å². The topological polar surface area (TPSA) is 38.8 Å². The van der Waals surface area contributed by atoms with Crippen molar-refractivity contribution in [1.82, 2.24) is 4.90 Å². The first-order valence-electron chi connectivity index (χ1n) is 9.63. The van der Waals surface area contributed by atoms with E-state index in [0.29, 0.717) is 24.5 Å². The van der Waals surface area contributed by atoms with Crippen LogP contribution in [0.25, 0.3) is 0 Å². The van der Waals surface area contributed by atoms with Crippen LogP contribution in [-0.2, 0) is 9.47 Å². The number of amides is 1. The van der Waals surface area contributed by atoms with Gasteiger partial charge in [0.2, 0.25) is 0 Å². The Morgan fingerprint density at radius 3 is 2.44 bits per heavy atom. The summed E-state index contributed by atoms with van der Waals surface area (Å²) in [5.74, 6) is 1.12. The maximum absolute atomic E-state index is 12.1. The zero-order valence-corrected chi connectivity index (χ0v) is 15.7. The third-order valence-corrected chi connectivity index (χ3v) is 6.04. The molecule has 1 amide bonds. The number of rotatable bonds is 4. The molecule has 0 bridgehead atoms. The standard InChI is InChI=1S/C21H31NO3/c1-15-13-16(2)22(21(23)24-3)20(15)14-25-19-11-9-18(10-12-19)17-7-5-4-6-8-17/h4-8,15-16,18-20H,9-14H2,1-3H3/t15?,16-,18?,19?,20+/m1/s1. The smallest absolute Gasteiger partial charge is 0.410 e. The minimum atomic E-state index is -0.224. The molecule has 1 heterocycles. The molecular weight excluding hydrogens is 314 g/mol. The predicted octanol–water partition coefficient (Wildman–Crippen LogP) is 4.59. The van der Waals surface area contributed by atoms with Crippen molar-refractivity contribution in [3.8, 4) is 0 Å². The summed E-state index contributed by atoms with van der Waals surface area (Å²) in [5, 5.41) is 0. The Bertz CT molecular complexity index is 554. The van der Waals surface area contributed by atoms with Crippen LogP contribution in [0.2, 0.25) is 0 Å². The van der Waals surface area contributed by atoms with Gasteiger partial charge >= 0.3 is 6.09 Å². The normalized spacial score (nSPS) is 32.6. The zero-order chi connectivity index (χ0) is 17.8. The lowest BCUT2D eigenvalue weighted by molar-refractivity contribution is -0.0115. The summed E-state index contributed by atoms with van der Waals surface area (Å²) in [6, 6.07) is 11.2. The SMILES string of the molecule is COC(=O)N1[C@H](C)CC(C)[C@@H]1COC1CCC(c2ccccc2)CC1. The van der Waals surface area contributed by atoms with Crippen molar-refractivity contribution in [1.29, 1.82) is 0 Å². The van der Waals surface area contributed by atoms with Crippen LogP contribution < -0.4 is 0 Å². The highest BCUT2D eigenvalue weighted by atomic mass is 16.5. The molecule has 3 rings (SSSR count). The average molecular weight is 345 g/mol. The molecule has 1 aromatic carbocycles. The molecular formula is C21H31NO3. The van der Waals surface area contributed by atoms with E-state index in [2.05, 4.69) is 44.2 Å². The van der Waals surface area contributed by atoms with Gasteiger partial charge in [0.15, 0.2) is 0 Å². The Hall–Kier alpha value is -1.55. The fraction of sp³-hybridized carbons (Fsp3) is 0.667. The predicted molar refractivity (Wildman–Crippen MR) is 98.7 cm³/mol. The first kappa shape index (κ1) is 18.2. The molecule has 1 saturated carbocycles. The summed E-state index contributed by atoms with van der Waals surface area (Å²) in [4.78, 5) is 14.0. The molecule has 0 aromatic heterocycles. The van der Waals surface area contributed by atoms with Crippen molar-refractivity contribution in [2.24, 2.45) is 5.92 Å². The van der Waals surface area contributed by atoms with E-state index < -0.39 is 0 Å². The molecule has 1 aromatic rings. The largest absolute Gasteiger partial charge is 0.453 e. The van der Waals surface area contributed by atoms with Crippen LogP contribution in [0.15, 0.2) is 30.3 Å². The molecule has 0 spiro atoms. The van der Waals surface area contributed by atoms with E-state index in [1.54, 1.807) is 0 Å². The molecule has 0 radical (unpaired) electrons. The molecule has 3 atom stereocenters. The van der Waals surface area contributed by atoms with Crippen molar-refractivity contribution >= 4 is 6.09 Å². The number of carbonyl (C=O) groups is 1. The third kappa shape index (κ3) is 4.17. The average Bonchev–Trinajstić information content (AvgIpc) is 2.93. The molecule has 4 nitrogen and oxygen atoms in total. The molecule has 2 aliphatic rings. The highest BCUT2D eigenvalue weighted by Gasteiger charge is 2.40. The van der Waals surface area contributed by atoms with E-state index in [4.69, 9.17) is 9.47 Å². The number of ether oxygens (including phenoxy) is 2. The molecule has 4 heteroatoms. The highest BCUT2D eigenvalue weighted by Crippen LogP contribution is 2.35. The van der Waals surface area contributed by atoms with Crippen molar-refractivity contribution in [2.45, 2.75) is 70.1 Å². The molecule has 0 N–H and O–H groups in total. The van der Waals surface area contributed by atoms with E-state index in [-0.39, 0.29) is 18.2 Å². The first-order chi connectivity index (χ1) is 12.1. The van der Waals surface area contributed by atoms with Crippen molar-refractivity contribution in [3.05, 3.63) is 35.9 Å². The van der Waals surface area contributed by atoms with Crippen LogP contribution in [0.5, 0.6) is 0 Å². The van der Waals surface area contributed by atoms with Crippen molar-refractivity contribution < 1.29 is 14.3 Å². The molecule has 138 valence electrons. The number of benzene rings is 1. The maximum atomic E-state index is 12.1. The van der Waals surface area contributed by atoms with E-state index >= 15 is 0 Å².